The Labute approximate surface area is 112 Å². The van der Waals surface area contributed by atoms with Gasteiger partial charge in [0, 0.05) is 15.0 Å². The summed E-state index contributed by atoms with van der Waals surface area (Å²) < 4.78 is 0. The lowest BCUT2D eigenvalue weighted by Gasteiger charge is -2.21. The second-order valence-corrected chi connectivity index (χ2v) is 6.51. The topological polar surface area (TPSA) is 23.8 Å². The second kappa shape index (κ2) is 6.37. The van der Waals surface area contributed by atoms with Gasteiger partial charge in [0.15, 0.2) is 0 Å². The van der Waals surface area contributed by atoms with Gasteiger partial charge in [0.25, 0.3) is 0 Å². The predicted molar refractivity (Wildman–Crippen MR) is 75.7 cm³/mol. The standard InChI is InChI=1S/C14H17NS2/c1-16-13-8-5-9-14(12(13)10-15)17-11-6-3-2-4-7-11/h5,8-9,11H,2-4,6-7H2,1H3. The number of thioether (sulfide) groups is 2. The summed E-state index contributed by atoms with van der Waals surface area (Å²) in [7, 11) is 0. The molecule has 1 aromatic rings. The predicted octanol–water partition coefficient (Wildman–Crippen LogP) is 4.70. The summed E-state index contributed by atoms with van der Waals surface area (Å²) in [4.78, 5) is 2.28. The maximum Gasteiger partial charge on any atom is 0.101 e. The lowest BCUT2D eigenvalue weighted by Crippen LogP contribution is -2.08. The van der Waals surface area contributed by atoms with Crippen LogP contribution in [0, 0.1) is 11.3 Å². The monoisotopic (exact) mass is 263 g/mol. The lowest BCUT2D eigenvalue weighted by molar-refractivity contribution is 0.516. The molecule has 1 saturated carbocycles. The summed E-state index contributed by atoms with van der Waals surface area (Å²) in [5.41, 5.74) is 0.871. The Morgan fingerprint density at radius 1 is 1.18 bits per heavy atom. The van der Waals surface area contributed by atoms with Crippen molar-refractivity contribution in [1.29, 1.82) is 5.26 Å². The van der Waals surface area contributed by atoms with Crippen molar-refractivity contribution in [3.63, 3.8) is 0 Å². The molecule has 1 aliphatic carbocycles. The van der Waals surface area contributed by atoms with Crippen molar-refractivity contribution >= 4 is 23.5 Å². The average molecular weight is 263 g/mol. The van der Waals surface area contributed by atoms with Gasteiger partial charge < -0.3 is 0 Å². The number of nitrogens with zero attached hydrogens (tertiary/aromatic N) is 1. The van der Waals surface area contributed by atoms with Gasteiger partial charge >= 0.3 is 0 Å². The summed E-state index contributed by atoms with van der Waals surface area (Å²) >= 11 is 3.57. The molecule has 0 N–H and O–H groups in total. The molecule has 1 fully saturated rings. The highest BCUT2D eigenvalue weighted by atomic mass is 32.2. The van der Waals surface area contributed by atoms with Gasteiger partial charge in [0.1, 0.15) is 6.07 Å². The Morgan fingerprint density at radius 3 is 2.53 bits per heavy atom. The van der Waals surface area contributed by atoms with E-state index in [1.807, 2.05) is 24.1 Å². The maximum atomic E-state index is 9.28. The number of hydrogen-bond acceptors (Lipinski definition) is 3. The molecule has 17 heavy (non-hydrogen) atoms. The van der Waals surface area contributed by atoms with Crippen LogP contribution in [0.4, 0.5) is 0 Å². The fourth-order valence-corrected chi connectivity index (χ4v) is 4.25. The number of rotatable bonds is 3. The van der Waals surface area contributed by atoms with Crippen LogP contribution in [0.5, 0.6) is 0 Å². The molecule has 0 aromatic heterocycles. The first kappa shape index (κ1) is 12.9. The normalized spacial score (nSPS) is 16.7. The van der Waals surface area contributed by atoms with Crippen LogP contribution in [0.1, 0.15) is 37.7 Å². The first-order chi connectivity index (χ1) is 8.35. The van der Waals surface area contributed by atoms with Crippen LogP contribution in [0.3, 0.4) is 0 Å². The van der Waals surface area contributed by atoms with Crippen molar-refractivity contribution in [2.75, 3.05) is 6.26 Å². The van der Waals surface area contributed by atoms with E-state index in [0.29, 0.717) is 5.25 Å². The highest BCUT2D eigenvalue weighted by Gasteiger charge is 2.17. The third-order valence-corrected chi connectivity index (χ3v) is 5.34. The van der Waals surface area contributed by atoms with Crippen LogP contribution in [-0.4, -0.2) is 11.5 Å². The van der Waals surface area contributed by atoms with Crippen LogP contribution in [0.15, 0.2) is 28.0 Å². The van der Waals surface area contributed by atoms with E-state index in [1.54, 1.807) is 11.8 Å². The van der Waals surface area contributed by atoms with E-state index in [1.165, 1.54) is 37.0 Å². The minimum Gasteiger partial charge on any atom is -0.192 e. The highest BCUT2D eigenvalue weighted by molar-refractivity contribution is 8.00. The molecular formula is C14H17NS2. The molecule has 0 radical (unpaired) electrons. The van der Waals surface area contributed by atoms with Crippen molar-refractivity contribution in [3.05, 3.63) is 23.8 Å². The minimum absolute atomic E-state index is 0.716. The quantitative estimate of drug-likeness (QED) is 0.738. The molecule has 2 rings (SSSR count). The van der Waals surface area contributed by atoms with Crippen LogP contribution < -0.4 is 0 Å². The summed E-state index contributed by atoms with van der Waals surface area (Å²) in [6, 6.07) is 8.56. The molecule has 1 aliphatic rings. The third kappa shape index (κ3) is 3.20. The first-order valence-electron chi connectivity index (χ1n) is 6.09. The molecular weight excluding hydrogens is 246 g/mol. The molecule has 0 bridgehead atoms. The summed E-state index contributed by atoms with van der Waals surface area (Å²) in [6.45, 7) is 0. The van der Waals surface area contributed by atoms with Crippen LogP contribution in [0.2, 0.25) is 0 Å². The van der Waals surface area contributed by atoms with Crippen molar-refractivity contribution in [2.45, 2.75) is 47.1 Å². The molecule has 0 spiro atoms. The summed E-state index contributed by atoms with van der Waals surface area (Å²) in [5, 5.41) is 10.00. The lowest BCUT2D eigenvalue weighted by atomic mass is 10.0. The Bertz CT molecular complexity index is 417. The SMILES string of the molecule is CSc1cccc(SC2CCCCC2)c1C#N. The van der Waals surface area contributed by atoms with Gasteiger partial charge in [0.2, 0.25) is 0 Å². The fraction of sp³-hybridized carbons (Fsp3) is 0.500. The zero-order valence-electron chi connectivity index (χ0n) is 10.1. The summed E-state index contributed by atoms with van der Waals surface area (Å²) in [6.07, 6.45) is 8.72. The smallest absolute Gasteiger partial charge is 0.101 e. The van der Waals surface area contributed by atoms with Gasteiger partial charge in [-0.1, -0.05) is 25.3 Å². The highest BCUT2D eigenvalue weighted by Crippen LogP contribution is 2.37. The van der Waals surface area contributed by atoms with Crippen molar-refractivity contribution in [3.8, 4) is 6.07 Å². The molecule has 1 nitrogen and oxygen atoms in total. The molecule has 0 aliphatic heterocycles. The third-order valence-electron chi connectivity index (χ3n) is 3.17. The minimum atomic E-state index is 0.716. The van der Waals surface area contributed by atoms with E-state index in [0.717, 1.165) is 10.5 Å². The van der Waals surface area contributed by atoms with Gasteiger partial charge in [-0.3, -0.25) is 0 Å². The maximum absolute atomic E-state index is 9.28. The number of benzene rings is 1. The van der Waals surface area contributed by atoms with E-state index in [-0.39, 0.29) is 0 Å². The molecule has 90 valence electrons. The average Bonchev–Trinajstić information content (AvgIpc) is 2.39. The summed E-state index contributed by atoms with van der Waals surface area (Å²) in [5.74, 6) is 0. The van der Waals surface area contributed by atoms with Crippen LogP contribution >= 0.6 is 23.5 Å². The molecule has 3 heteroatoms. The van der Waals surface area contributed by atoms with E-state index in [2.05, 4.69) is 18.2 Å². The first-order valence-corrected chi connectivity index (χ1v) is 8.19. The van der Waals surface area contributed by atoms with Gasteiger partial charge in [-0.15, -0.1) is 23.5 Å². The van der Waals surface area contributed by atoms with Gasteiger partial charge in [0.05, 0.1) is 5.56 Å². The Kier molecular flexibility index (Phi) is 4.82. The van der Waals surface area contributed by atoms with Crippen LogP contribution in [-0.2, 0) is 0 Å². The van der Waals surface area contributed by atoms with Gasteiger partial charge in [-0.2, -0.15) is 5.26 Å². The van der Waals surface area contributed by atoms with Crippen LogP contribution in [0.25, 0.3) is 0 Å². The van der Waals surface area contributed by atoms with Gasteiger partial charge in [-0.25, -0.2) is 0 Å². The fourth-order valence-electron chi connectivity index (χ4n) is 2.25. The molecule has 0 heterocycles. The van der Waals surface area contributed by atoms with Crippen molar-refractivity contribution in [2.24, 2.45) is 0 Å². The van der Waals surface area contributed by atoms with E-state index < -0.39 is 0 Å². The second-order valence-electron chi connectivity index (χ2n) is 4.32. The molecule has 0 saturated heterocycles. The Morgan fingerprint density at radius 2 is 1.88 bits per heavy atom. The zero-order valence-corrected chi connectivity index (χ0v) is 11.7. The number of nitriles is 1. The van der Waals surface area contributed by atoms with Crippen molar-refractivity contribution in [1.82, 2.24) is 0 Å². The van der Waals surface area contributed by atoms with E-state index in [9.17, 15) is 5.26 Å². The largest absolute Gasteiger partial charge is 0.192 e. The molecule has 0 atom stereocenters. The van der Waals surface area contributed by atoms with Crippen molar-refractivity contribution < 1.29 is 0 Å². The Hall–Kier alpha value is -0.590. The molecule has 0 unspecified atom stereocenters. The van der Waals surface area contributed by atoms with E-state index in [4.69, 9.17) is 0 Å². The molecule has 0 amide bonds. The van der Waals surface area contributed by atoms with Gasteiger partial charge in [-0.05, 0) is 31.2 Å². The zero-order chi connectivity index (χ0) is 12.1. The molecule has 1 aromatic carbocycles. The Balaban J connectivity index is 2.17. The number of hydrogen-bond donors (Lipinski definition) is 0. The van der Waals surface area contributed by atoms with E-state index >= 15 is 0 Å².